The van der Waals surface area contributed by atoms with Crippen LogP contribution in [0, 0.1) is 6.92 Å². The fourth-order valence-corrected chi connectivity index (χ4v) is 4.94. The molecule has 0 unspecified atom stereocenters. The standard InChI is InChI=1S/C23H18N4OS/c1-14-8-10-15(11-9-14)21-19-20(26-23-24-13-25-27(21)23)16-5-2-3-6-17(16)28-22(19)18-7-4-12-29-18/h2-13,21-22H,1H3,(H,24,25,26)/t21-,22-/m0/s1. The fraction of sp³-hybridized carbons (Fsp3) is 0.130. The molecule has 0 amide bonds. The molecule has 0 saturated heterocycles. The summed E-state index contributed by atoms with van der Waals surface area (Å²) in [4.78, 5) is 5.65. The highest BCUT2D eigenvalue weighted by atomic mass is 32.1. The van der Waals surface area contributed by atoms with Crippen molar-refractivity contribution in [3.63, 3.8) is 0 Å². The quantitative estimate of drug-likeness (QED) is 0.504. The number of anilines is 1. The van der Waals surface area contributed by atoms with Crippen LogP contribution in [0.25, 0.3) is 5.70 Å². The van der Waals surface area contributed by atoms with E-state index < -0.39 is 0 Å². The second-order valence-corrected chi connectivity index (χ2v) is 8.29. The lowest BCUT2D eigenvalue weighted by Crippen LogP contribution is -2.32. The van der Waals surface area contributed by atoms with Crippen molar-refractivity contribution in [2.75, 3.05) is 5.32 Å². The van der Waals surface area contributed by atoms with E-state index >= 15 is 0 Å². The molecule has 6 heteroatoms. The molecule has 0 spiro atoms. The van der Waals surface area contributed by atoms with E-state index in [0.717, 1.165) is 28.5 Å². The van der Waals surface area contributed by atoms with E-state index in [4.69, 9.17) is 4.74 Å². The molecular formula is C23H18N4OS. The van der Waals surface area contributed by atoms with Crippen LogP contribution in [-0.2, 0) is 0 Å². The summed E-state index contributed by atoms with van der Waals surface area (Å²) in [6.45, 7) is 2.10. The van der Waals surface area contributed by atoms with Gasteiger partial charge in [0.15, 0.2) is 6.10 Å². The van der Waals surface area contributed by atoms with E-state index in [1.165, 1.54) is 16.0 Å². The molecule has 2 aliphatic heterocycles. The fourth-order valence-electron chi connectivity index (χ4n) is 4.17. The first-order chi connectivity index (χ1) is 14.3. The molecule has 0 fully saturated rings. The largest absolute Gasteiger partial charge is 0.480 e. The predicted octanol–water partition coefficient (Wildman–Crippen LogP) is 5.21. The van der Waals surface area contributed by atoms with Crippen LogP contribution in [0.1, 0.15) is 33.7 Å². The van der Waals surface area contributed by atoms with Crippen molar-refractivity contribution in [3.8, 4) is 5.75 Å². The lowest BCUT2D eigenvalue weighted by Gasteiger charge is -2.38. The average molecular weight is 398 g/mol. The van der Waals surface area contributed by atoms with Crippen molar-refractivity contribution in [2.24, 2.45) is 0 Å². The Morgan fingerprint density at radius 3 is 2.72 bits per heavy atom. The van der Waals surface area contributed by atoms with Gasteiger partial charge in [0.05, 0.1) is 5.70 Å². The molecule has 29 heavy (non-hydrogen) atoms. The van der Waals surface area contributed by atoms with Gasteiger partial charge < -0.3 is 10.1 Å². The molecule has 2 atom stereocenters. The van der Waals surface area contributed by atoms with Crippen LogP contribution >= 0.6 is 11.3 Å². The third kappa shape index (κ3) is 2.53. The zero-order valence-corrected chi connectivity index (χ0v) is 16.6. The first-order valence-electron chi connectivity index (χ1n) is 9.56. The zero-order chi connectivity index (χ0) is 19.4. The monoisotopic (exact) mass is 398 g/mol. The van der Waals surface area contributed by atoms with Crippen LogP contribution in [0.2, 0.25) is 0 Å². The summed E-state index contributed by atoms with van der Waals surface area (Å²) in [5.41, 5.74) is 5.68. The first-order valence-corrected chi connectivity index (χ1v) is 10.4. The maximum atomic E-state index is 6.56. The van der Waals surface area contributed by atoms with Crippen molar-refractivity contribution in [1.82, 2.24) is 14.8 Å². The summed E-state index contributed by atoms with van der Waals surface area (Å²) in [5, 5.41) is 10.2. The first kappa shape index (κ1) is 16.6. The number of aryl methyl sites for hydroxylation is 1. The molecule has 5 nitrogen and oxygen atoms in total. The molecule has 4 aromatic rings. The van der Waals surface area contributed by atoms with Gasteiger partial charge in [0.2, 0.25) is 5.95 Å². The number of para-hydroxylation sites is 1. The van der Waals surface area contributed by atoms with E-state index in [0.29, 0.717) is 0 Å². The summed E-state index contributed by atoms with van der Waals surface area (Å²) in [6.07, 6.45) is 1.42. The Balaban J connectivity index is 1.64. The minimum absolute atomic E-state index is 0.0928. The molecule has 142 valence electrons. The van der Waals surface area contributed by atoms with E-state index in [1.54, 1.807) is 17.7 Å². The lowest BCUT2D eigenvalue weighted by molar-refractivity contribution is 0.226. The highest BCUT2D eigenvalue weighted by Crippen LogP contribution is 2.51. The Morgan fingerprint density at radius 2 is 1.90 bits per heavy atom. The van der Waals surface area contributed by atoms with Crippen molar-refractivity contribution < 1.29 is 4.74 Å². The normalized spacial score (nSPS) is 19.6. The summed E-state index contributed by atoms with van der Waals surface area (Å²) in [7, 11) is 0. The number of ether oxygens (including phenoxy) is 1. The number of thiophene rings is 1. The van der Waals surface area contributed by atoms with Gasteiger partial charge in [-0.15, -0.1) is 11.3 Å². The third-order valence-corrected chi connectivity index (χ3v) is 6.43. The van der Waals surface area contributed by atoms with Gasteiger partial charge in [-0.05, 0) is 36.1 Å². The van der Waals surface area contributed by atoms with Crippen molar-refractivity contribution >= 4 is 23.0 Å². The lowest BCUT2D eigenvalue weighted by atomic mass is 9.86. The SMILES string of the molecule is Cc1ccc([C@H]2C3=C(Nc4ncnn42)c2ccccc2O[C@H]3c2cccs2)cc1. The number of fused-ring (bicyclic) bond motifs is 3. The van der Waals surface area contributed by atoms with Crippen LogP contribution in [-0.4, -0.2) is 14.8 Å². The van der Waals surface area contributed by atoms with E-state index in [1.807, 2.05) is 22.9 Å². The molecule has 2 aliphatic rings. The van der Waals surface area contributed by atoms with E-state index in [9.17, 15) is 0 Å². The second kappa shape index (κ2) is 6.32. The average Bonchev–Trinajstić information content (AvgIpc) is 3.44. The zero-order valence-electron chi connectivity index (χ0n) is 15.7. The predicted molar refractivity (Wildman–Crippen MR) is 114 cm³/mol. The van der Waals surface area contributed by atoms with Gasteiger partial charge in [-0.3, -0.25) is 0 Å². The molecule has 0 aliphatic carbocycles. The van der Waals surface area contributed by atoms with Crippen LogP contribution in [0.3, 0.4) is 0 Å². The number of benzene rings is 2. The molecule has 0 bridgehead atoms. The van der Waals surface area contributed by atoms with Crippen molar-refractivity contribution in [1.29, 1.82) is 0 Å². The molecule has 0 saturated carbocycles. The number of aromatic nitrogens is 3. The van der Waals surface area contributed by atoms with Gasteiger partial charge in [0.25, 0.3) is 0 Å². The molecular weight excluding hydrogens is 380 g/mol. The van der Waals surface area contributed by atoms with Crippen molar-refractivity contribution in [2.45, 2.75) is 19.1 Å². The van der Waals surface area contributed by atoms with Crippen LogP contribution in [0.15, 0.2) is 77.9 Å². The summed E-state index contributed by atoms with van der Waals surface area (Å²) >= 11 is 1.71. The van der Waals surface area contributed by atoms with Gasteiger partial charge in [-0.1, -0.05) is 48.0 Å². The summed E-state index contributed by atoms with van der Waals surface area (Å²) < 4.78 is 8.52. The number of nitrogens with one attached hydrogen (secondary N) is 1. The molecule has 6 rings (SSSR count). The van der Waals surface area contributed by atoms with E-state index in [2.05, 4.69) is 70.2 Å². The molecule has 2 aromatic heterocycles. The van der Waals surface area contributed by atoms with Crippen LogP contribution in [0.5, 0.6) is 5.75 Å². The number of rotatable bonds is 2. The Bertz CT molecular complexity index is 1220. The van der Waals surface area contributed by atoms with Gasteiger partial charge in [-0.25, -0.2) is 4.68 Å². The van der Waals surface area contributed by atoms with Gasteiger partial charge >= 0.3 is 0 Å². The van der Waals surface area contributed by atoms with Crippen LogP contribution < -0.4 is 10.1 Å². The minimum atomic E-state index is -0.184. The third-order valence-electron chi connectivity index (χ3n) is 5.52. The molecule has 4 heterocycles. The second-order valence-electron chi connectivity index (χ2n) is 7.31. The smallest absolute Gasteiger partial charge is 0.226 e. The number of hydrogen-bond donors (Lipinski definition) is 1. The Kier molecular flexibility index (Phi) is 3.61. The Hall–Kier alpha value is -3.38. The van der Waals surface area contributed by atoms with Gasteiger partial charge in [0.1, 0.15) is 18.1 Å². The maximum absolute atomic E-state index is 6.56. The maximum Gasteiger partial charge on any atom is 0.226 e. The molecule has 0 radical (unpaired) electrons. The number of nitrogens with zero attached hydrogens (tertiary/aromatic N) is 3. The summed E-state index contributed by atoms with van der Waals surface area (Å²) in [6, 6.07) is 20.9. The number of hydrogen-bond acceptors (Lipinski definition) is 5. The molecule has 2 aromatic carbocycles. The topological polar surface area (TPSA) is 52.0 Å². The highest BCUT2D eigenvalue weighted by molar-refractivity contribution is 7.10. The summed E-state index contributed by atoms with van der Waals surface area (Å²) in [5.74, 6) is 1.63. The van der Waals surface area contributed by atoms with Crippen molar-refractivity contribution in [3.05, 3.63) is 99.5 Å². The Morgan fingerprint density at radius 1 is 1.03 bits per heavy atom. The highest BCUT2D eigenvalue weighted by Gasteiger charge is 2.41. The van der Waals surface area contributed by atoms with Crippen LogP contribution in [0.4, 0.5) is 5.95 Å². The minimum Gasteiger partial charge on any atom is -0.480 e. The molecule has 1 N–H and O–H groups in total. The van der Waals surface area contributed by atoms with Gasteiger partial charge in [0, 0.05) is 16.0 Å². The van der Waals surface area contributed by atoms with Gasteiger partial charge in [-0.2, -0.15) is 10.1 Å². The van der Waals surface area contributed by atoms with E-state index in [-0.39, 0.29) is 12.1 Å². The Labute approximate surface area is 172 Å².